The van der Waals surface area contributed by atoms with Gasteiger partial charge in [0.15, 0.2) is 0 Å². The Kier molecular flexibility index (Phi) is 7.88. The van der Waals surface area contributed by atoms with E-state index < -0.39 is 0 Å². The van der Waals surface area contributed by atoms with Gasteiger partial charge in [0.25, 0.3) is 0 Å². The van der Waals surface area contributed by atoms with Gasteiger partial charge in [0.1, 0.15) is 5.75 Å². The minimum atomic E-state index is -0.122. The number of rotatable bonds is 8. The third-order valence-corrected chi connectivity index (χ3v) is 3.02. The van der Waals surface area contributed by atoms with E-state index in [9.17, 15) is 4.79 Å². The number of urea groups is 1. The van der Waals surface area contributed by atoms with Crippen molar-refractivity contribution in [1.29, 1.82) is 0 Å². The fourth-order valence-corrected chi connectivity index (χ4v) is 1.75. The summed E-state index contributed by atoms with van der Waals surface area (Å²) in [5, 5.41) is 6.22. The largest absolute Gasteiger partial charge is 0.492 e. The van der Waals surface area contributed by atoms with Gasteiger partial charge in [-0.05, 0) is 30.9 Å². The Hall–Kier alpha value is -1.42. The standard InChI is InChI=1S/C15H23ClN2O2/c1-12(2)8-10-18-15(19)17-9-5-11-20-14-7-4-3-6-13(14)16/h3-4,6-7,12H,5,8-11H2,1-2H3,(H2,17,18,19). The molecule has 2 amide bonds. The van der Waals surface area contributed by atoms with Crippen molar-refractivity contribution in [1.82, 2.24) is 10.6 Å². The molecule has 112 valence electrons. The van der Waals surface area contributed by atoms with Gasteiger partial charge in [0.2, 0.25) is 0 Å². The molecule has 1 aromatic rings. The minimum Gasteiger partial charge on any atom is -0.492 e. The maximum absolute atomic E-state index is 11.4. The number of halogens is 1. The highest BCUT2D eigenvalue weighted by atomic mass is 35.5. The van der Waals surface area contributed by atoms with E-state index in [2.05, 4.69) is 24.5 Å². The number of amides is 2. The van der Waals surface area contributed by atoms with Crippen LogP contribution in [0.2, 0.25) is 5.02 Å². The second kappa shape index (κ2) is 9.48. The Bertz CT molecular complexity index is 411. The number of nitrogens with one attached hydrogen (secondary N) is 2. The first-order chi connectivity index (χ1) is 9.59. The van der Waals surface area contributed by atoms with E-state index in [-0.39, 0.29) is 6.03 Å². The van der Waals surface area contributed by atoms with Crippen LogP contribution in [0.1, 0.15) is 26.7 Å². The molecule has 0 aliphatic carbocycles. The summed E-state index contributed by atoms with van der Waals surface area (Å²) in [5.74, 6) is 1.27. The van der Waals surface area contributed by atoms with Gasteiger partial charge in [-0.15, -0.1) is 0 Å². The Morgan fingerprint density at radius 2 is 1.95 bits per heavy atom. The molecular formula is C15H23ClN2O2. The summed E-state index contributed by atoms with van der Waals surface area (Å²) in [4.78, 5) is 11.4. The zero-order chi connectivity index (χ0) is 14.8. The number of para-hydroxylation sites is 1. The number of carbonyl (C=O) groups is 1. The van der Waals surface area contributed by atoms with Crippen molar-refractivity contribution < 1.29 is 9.53 Å². The van der Waals surface area contributed by atoms with Crippen molar-refractivity contribution in [3.8, 4) is 5.75 Å². The summed E-state index contributed by atoms with van der Waals surface area (Å²) < 4.78 is 5.53. The van der Waals surface area contributed by atoms with E-state index in [1.54, 1.807) is 6.07 Å². The van der Waals surface area contributed by atoms with Crippen molar-refractivity contribution in [2.75, 3.05) is 19.7 Å². The highest BCUT2D eigenvalue weighted by Crippen LogP contribution is 2.22. The van der Waals surface area contributed by atoms with Crippen molar-refractivity contribution >= 4 is 17.6 Å². The molecule has 0 saturated carbocycles. The molecular weight excluding hydrogens is 276 g/mol. The summed E-state index contributed by atoms with van der Waals surface area (Å²) in [5.41, 5.74) is 0. The second-order valence-electron chi connectivity index (χ2n) is 5.00. The van der Waals surface area contributed by atoms with Gasteiger partial charge in [-0.25, -0.2) is 4.79 Å². The Morgan fingerprint density at radius 3 is 2.65 bits per heavy atom. The lowest BCUT2D eigenvalue weighted by molar-refractivity contribution is 0.238. The lowest BCUT2D eigenvalue weighted by atomic mass is 10.1. The number of benzene rings is 1. The first-order valence-electron chi connectivity index (χ1n) is 6.98. The highest BCUT2D eigenvalue weighted by Gasteiger charge is 2.01. The molecule has 0 heterocycles. The molecule has 0 aromatic heterocycles. The molecule has 0 aliphatic rings. The van der Waals surface area contributed by atoms with Gasteiger partial charge in [-0.3, -0.25) is 0 Å². The molecule has 0 radical (unpaired) electrons. The lowest BCUT2D eigenvalue weighted by Crippen LogP contribution is -2.37. The Balaban J connectivity index is 2.04. The van der Waals surface area contributed by atoms with Gasteiger partial charge < -0.3 is 15.4 Å². The van der Waals surface area contributed by atoms with Crippen LogP contribution in [0, 0.1) is 5.92 Å². The van der Waals surface area contributed by atoms with Crippen LogP contribution in [0.15, 0.2) is 24.3 Å². The van der Waals surface area contributed by atoms with Crippen LogP contribution in [0.4, 0.5) is 4.79 Å². The summed E-state index contributed by atoms with van der Waals surface area (Å²) in [6, 6.07) is 7.23. The zero-order valence-electron chi connectivity index (χ0n) is 12.1. The Labute approximate surface area is 125 Å². The molecule has 0 aliphatic heterocycles. The van der Waals surface area contributed by atoms with E-state index >= 15 is 0 Å². The molecule has 5 heteroatoms. The van der Waals surface area contributed by atoms with Gasteiger partial charge in [-0.1, -0.05) is 37.6 Å². The van der Waals surface area contributed by atoms with Crippen LogP contribution in [0.3, 0.4) is 0 Å². The molecule has 4 nitrogen and oxygen atoms in total. The molecule has 2 N–H and O–H groups in total. The predicted octanol–water partition coefficient (Wildman–Crippen LogP) is 3.45. The quantitative estimate of drug-likeness (QED) is 0.722. The summed E-state index contributed by atoms with van der Waals surface area (Å²) >= 11 is 5.97. The van der Waals surface area contributed by atoms with Gasteiger partial charge >= 0.3 is 6.03 Å². The predicted molar refractivity (Wildman–Crippen MR) is 82.4 cm³/mol. The molecule has 0 bridgehead atoms. The smallest absolute Gasteiger partial charge is 0.314 e. The maximum atomic E-state index is 11.4. The zero-order valence-corrected chi connectivity index (χ0v) is 12.9. The van der Waals surface area contributed by atoms with E-state index in [1.165, 1.54) is 0 Å². The number of carbonyl (C=O) groups excluding carboxylic acids is 1. The van der Waals surface area contributed by atoms with E-state index in [0.717, 1.165) is 12.8 Å². The minimum absolute atomic E-state index is 0.122. The van der Waals surface area contributed by atoms with Crippen molar-refractivity contribution in [3.63, 3.8) is 0 Å². The number of hydrogen-bond donors (Lipinski definition) is 2. The molecule has 0 spiro atoms. The molecule has 0 fully saturated rings. The summed E-state index contributed by atoms with van der Waals surface area (Å²) in [6.07, 6.45) is 1.73. The maximum Gasteiger partial charge on any atom is 0.314 e. The second-order valence-corrected chi connectivity index (χ2v) is 5.40. The molecule has 1 rings (SSSR count). The normalized spacial score (nSPS) is 10.4. The topological polar surface area (TPSA) is 50.4 Å². The van der Waals surface area contributed by atoms with Gasteiger partial charge in [-0.2, -0.15) is 0 Å². The van der Waals surface area contributed by atoms with Crippen LogP contribution in [-0.4, -0.2) is 25.7 Å². The van der Waals surface area contributed by atoms with E-state index in [4.69, 9.17) is 16.3 Å². The van der Waals surface area contributed by atoms with Gasteiger partial charge in [0, 0.05) is 13.1 Å². The number of hydrogen-bond acceptors (Lipinski definition) is 2. The molecule has 1 aromatic carbocycles. The number of ether oxygens (including phenoxy) is 1. The Morgan fingerprint density at radius 1 is 1.25 bits per heavy atom. The molecule has 20 heavy (non-hydrogen) atoms. The SMILES string of the molecule is CC(C)CCNC(=O)NCCCOc1ccccc1Cl. The molecule has 0 saturated heterocycles. The first-order valence-corrected chi connectivity index (χ1v) is 7.36. The third kappa shape index (κ3) is 7.24. The summed E-state index contributed by atoms with van der Waals surface area (Å²) in [6.45, 7) is 6.07. The van der Waals surface area contributed by atoms with Crippen molar-refractivity contribution in [2.24, 2.45) is 5.92 Å². The third-order valence-electron chi connectivity index (χ3n) is 2.71. The van der Waals surface area contributed by atoms with Crippen LogP contribution < -0.4 is 15.4 Å². The fourth-order valence-electron chi connectivity index (χ4n) is 1.55. The van der Waals surface area contributed by atoms with Crippen molar-refractivity contribution in [3.05, 3.63) is 29.3 Å². The average Bonchev–Trinajstić information content (AvgIpc) is 2.40. The van der Waals surface area contributed by atoms with Crippen molar-refractivity contribution in [2.45, 2.75) is 26.7 Å². The van der Waals surface area contributed by atoms with Crippen LogP contribution in [0.25, 0.3) is 0 Å². The monoisotopic (exact) mass is 298 g/mol. The molecule has 0 unspecified atom stereocenters. The summed E-state index contributed by atoms with van der Waals surface area (Å²) in [7, 11) is 0. The highest BCUT2D eigenvalue weighted by molar-refractivity contribution is 6.32. The van der Waals surface area contributed by atoms with Crippen LogP contribution in [0.5, 0.6) is 5.75 Å². The first kappa shape index (κ1) is 16.6. The van der Waals surface area contributed by atoms with E-state index in [0.29, 0.717) is 36.4 Å². The van der Waals surface area contributed by atoms with Crippen LogP contribution in [-0.2, 0) is 0 Å². The van der Waals surface area contributed by atoms with Gasteiger partial charge in [0.05, 0.1) is 11.6 Å². The van der Waals surface area contributed by atoms with Crippen LogP contribution >= 0.6 is 11.6 Å². The average molecular weight is 299 g/mol. The van der Waals surface area contributed by atoms with E-state index in [1.807, 2.05) is 18.2 Å². The molecule has 0 atom stereocenters. The fraction of sp³-hybridized carbons (Fsp3) is 0.533. The lowest BCUT2D eigenvalue weighted by Gasteiger charge is -2.10.